The third kappa shape index (κ3) is 4.45. The molecule has 1 saturated heterocycles. The highest BCUT2D eigenvalue weighted by atomic mass is 16.2. The Bertz CT molecular complexity index is 728. The number of benzene rings is 2. The Morgan fingerprint density at radius 1 is 0.960 bits per heavy atom. The third-order valence-electron chi connectivity index (χ3n) is 4.52. The first-order valence-corrected chi connectivity index (χ1v) is 8.64. The van der Waals surface area contributed by atoms with E-state index in [2.05, 4.69) is 22.9 Å². The van der Waals surface area contributed by atoms with E-state index in [0.717, 1.165) is 19.4 Å². The van der Waals surface area contributed by atoms with Gasteiger partial charge in [0.1, 0.15) is 0 Å². The third-order valence-corrected chi connectivity index (χ3v) is 4.52. The summed E-state index contributed by atoms with van der Waals surface area (Å²) in [6.07, 6.45) is 2.06. The molecule has 130 valence electrons. The molecule has 3 N–H and O–H groups in total. The number of hydrogen-bond acceptors (Lipinski definition) is 3. The molecule has 0 saturated carbocycles. The van der Waals surface area contributed by atoms with Crippen molar-refractivity contribution in [2.24, 2.45) is 0 Å². The van der Waals surface area contributed by atoms with Crippen LogP contribution in [0.4, 0.5) is 5.69 Å². The molecule has 5 heteroatoms. The second-order valence-corrected chi connectivity index (χ2v) is 6.36. The predicted molar refractivity (Wildman–Crippen MR) is 98.8 cm³/mol. The van der Waals surface area contributed by atoms with Crippen molar-refractivity contribution >= 4 is 17.5 Å². The Morgan fingerprint density at radius 2 is 1.64 bits per heavy atom. The maximum absolute atomic E-state index is 12.4. The standard InChI is InChI=1S/C20H23N3O2/c1-14-18(8-5-13-21-14)23-20(25)16-9-11-17(12-10-16)22-19(24)15-6-3-2-4-7-15/h2-4,6-7,9-12,14,18,21H,5,8,13H2,1H3,(H,22,24)(H,23,25). The molecule has 2 amide bonds. The minimum Gasteiger partial charge on any atom is -0.348 e. The highest BCUT2D eigenvalue weighted by molar-refractivity contribution is 6.04. The zero-order valence-corrected chi connectivity index (χ0v) is 14.3. The molecule has 2 aromatic rings. The van der Waals surface area contributed by atoms with E-state index in [1.807, 2.05) is 18.2 Å². The zero-order valence-electron chi connectivity index (χ0n) is 14.3. The number of nitrogens with one attached hydrogen (secondary N) is 3. The Hall–Kier alpha value is -2.66. The van der Waals surface area contributed by atoms with Crippen LogP contribution in [0.2, 0.25) is 0 Å². The molecule has 2 aromatic carbocycles. The fourth-order valence-corrected chi connectivity index (χ4v) is 2.99. The van der Waals surface area contributed by atoms with Crippen molar-refractivity contribution in [1.82, 2.24) is 10.6 Å². The lowest BCUT2D eigenvalue weighted by Gasteiger charge is -2.30. The molecular weight excluding hydrogens is 314 g/mol. The molecule has 1 aliphatic heterocycles. The van der Waals surface area contributed by atoms with Gasteiger partial charge in [-0.1, -0.05) is 18.2 Å². The van der Waals surface area contributed by atoms with Gasteiger partial charge in [0, 0.05) is 28.9 Å². The average molecular weight is 337 g/mol. The molecule has 5 nitrogen and oxygen atoms in total. The fourth-order valence-electron chi connectivity index (χ4n) is 2.99. The summed E-state index contributed by atoms with van der Waals surface area (Å²) in [5.74, 6) is -0.249. The van der Waals surface area contributed by atoms with E-state index in [-0.39, 0.29) is 23.9 Å². The summed E-state index contributed by atoms with van der Waals surface area (Å²) >= 11 is 0. The van der Waals surface area contributed by atoms with Crippen molar-refractivity contribution in [2.45, 2.75) is 31.8 Å². The monoisotopic (exact) mass is 337 g/mol. The van der Waals surface area contributed by atoms with Gasteiger partial charge >= 0.3 is 0 Å². The molecule has 2 atom stereocenters. The molecule has 1 aliphatic rings. The minimum absolute atomic E-state index is 0.0820. The average Bonchev–Trinajstić information content (AvgIpc) is 2.65. The second-order valence-electron chi connectivity index (χ2n) is 6.36. The Balaban J connectivity index is 1.60. The topological polar surface area (TPSA) is 70.2 Å². The molecule has 0 bridgehead atoms. The molecule has 1 heterocycles. The van der Waals surface area contributed by atoms with Crippen LogP contribution < -0.4 is 16.0 Å². The lowest BCUT2D eigenvalue weighted by Crippen LogP contribution is -2.51. The lowest BCUT2D eigenvalue weighted by molar-refractivity contribution is 0.0919. The molecule has 0 aliphatic carbocycles. The molecule has 0 aromatic heterocycles. The van der Waals surface area contributed by atoms with Crippen LogP contribution in [0.1, 0.15) is 40.5 Å². The summed E-state index contributed by atoms with van der Waals surface area (Å²) in [4.78, 5) is 24.5. The van der Waals surface area contributed by atoms with Crippen LogP contribution in [-0.2, 0) is 0 Å². The molecule has 2 unspecified atom stereocenters. The maximum Gasteiger partial charge on any atom is 0.255 e. The Labute approximate surface area is 147 Å². The summed E-state index contributed by atoms with van der Waals surface area (Å²) in [7, 11) is 0. The van der Waals surface area contributed by atoms with Crippen molar-refractivity contribution in [3.63, 3.8) is 0 Å². The normalized spacial score (nSPS) is 19.9. The van der Waals surface area contributed by atoms with Crippen LogP contribution >= 0.6 is 0 Å². The smallest absolute Gasteiger partial charge is 0.255 e. The van der Waals surface area contributed by atoms with Crippen LogP contribution in [0.25, 0.3) is 0 Å². The van der Waals surface area contributed by atoms with Crippen LogP contribution in [0.15, 0.2) is 54.6 Å². The SMILES string of the molecule is CC1NCCCC1NC(=O)c1ccc(NC(=O)c2ccccc2)cc1. The Kier molecular flexibility index (Phi) is 5.46. The molecular formula is C20H23N3O2. The molecule has 25 heavy (non-hydrogen) atoms. The van der Waals surface area contributed by atoms with Crippen molar-refractivity contribution < 1.29 is 9.59 Å². The first kappa shape index (κ1) is 17.2. The zero-order chi connectivity index (χ0) is 17.6. The van der Waals surface area contributed by atoms with Gasteiger partial charge in [0.05, 0.1) is 0 Å². The van der Waals surface area contributed by atoms with Crippen molar-refractivity contribution in [1.29, 1.82) is 0 Å². The van der Waals surface area contributed by atoms with Crippen molar-refractivity contribution in [2.75, 3.05) is 11.9 Å². The lowest BCUT2D eigenvalue weighted by atomic mass is 9.99. The molecule has 1 fully saturated rings. The maximum atomic E-state index is 12.4. The summed E-state index contributed by atoms with van der Waals surface area (Å²) in [6, 6.07) is 16.4. The van der Waals surface area contributed by atoms with E-state index in [1.54, 1.807) is 36.4 Å². The number of hydrogen-bond donors (Lipinski definition) is 3. The number of piperidine rings is 1. The van der Waals surface area contributed by atoms with Gasteiger partial charge in [0.15, 0.2) is 0 Å². The molecule has 0 spiro atoms. The van der Waals surface area contributed by atoms with Gasteiger partial charge in [0.25, 0.3) is 11.8 Å². The summed E-state index contributed by atoms with van der Waals surface area (Å²) in [6.45, 7) is 3.09. The number of carbonyl (C=O) groups excluding carboxylic acids is 2. The molecule has 3 rings (SSSR count). The van der Waals surface area contributed by atoms with Gasteiger partial charge in [0.2, 0.25) is 0 Å². The first-order valence-electron chi connectivity index (χ1n) is 8.64. The van der Waals surface area contributed by atoms with Gasteiger partial charge in [-0.2, -0.15) is 0 Å². The van der Waals surface area contributed by atoms with Crippen LogP contribution in [0, 0.1) is 0 Å². The van der Waals surface area contributed by atoms with Crippen LogP contribution in [0.5, 0.6) is 0 Å². The van der Waals surface area contributed by atoms with Crippen LogP contribution in [0.3, 0.4) is 0 Å². The summed E-state index contributed by atoms with van der Waals surface area (Å²) in [5.41, 5.74) is 1.86. The summed E-state index contributed by atoms with van der Waals surface area (Å²) in [5, 5.41) is 9.29. The largest absolute Gasteiger partial charge is 0.348 e. The van der Waals surface area contributed by atoms with Gasteiger partial charge < -0.3 is 16.0 Å². The fraction of sp³-hybridized carbons (Fsp3) is 0.300. The Morgan fingerprint density at radius 3 is 2.32 bits per heavy atom. The van der Waals surface area contributed by atoms with Crippen LogP contribution in [-0.4, -0.2) is 30.4 Å². The first-order chi connectivity index (χ1) is 12.1. The molecule has 0 radical (unpaired) electrons. The number of rotatable bonds is 4. The van der Waals surface area contributed by atoms with E-state index in [0.29, 0.717) is 16.8 Å². The quantitative estimate of drug-likeness (QED) is 0.803. The van der Waals surface area contributed by atoms with Crippen molar-refractivity contribution in [3.05, 3.63) is 65.7 Å². The number of anilines is 1. The van der Waals surface area contributed by atoms with Gasteiger partial charge in [-0.05, 0) is 62.7 Å². The van der Waals surface area contributed by atoms with E-state index in [4.69, 9.17) is 0 Å². The van der Waals surface area contributed by atoms with Crippen molar-refractivity contribution in [3.8, 4) is 0 Å². The highest BCUT2D eigenvalue weighted by Gasteiger charge is 2.22. The van der Waals surface area contributed by atoms with E-state index < -0.39 is 0 Å². The van der Waals surface area contributed by atoms with Gasteiger partial charge in [-0.3, -0.25) is 9.59 Å². The van der Waals surface area contributed by atoms with E-state index in [1.165, 1.54) is 0 Å². The number of carbonyl (C=O) groups is 2. The second kappa shape index (κ2) is 7.94. The van der Waals surface area contributed by atoms with E-state index >= 15 is 0 Å². The number of amides is 2. The highest BCUT2D eigenvalue weighted by Crippen LogP contribution is 2.13. The van der Waals surface area contributed by atoms with Gasteiger partial charge in [-0.25, -0.2) is 0 Å². The minimum atomic E-state index is -0.167. The predicted octanol–water partition coefficient (Wildman–Crippen LogP) is 2.81. The summed E-state index contributed by atoms with van der Waals surface area (Å²) < 4.78 is 0. The van der Waals surface area contributed by atoms with E-state index in [9.17, 15) is 9.59 Å². The van der Waals surface area contributed by atoms with Gasteiger partial charge in [-0.15, -0.1) is 0 Å².